The summed E-state index contributed by atoms with van der Waals surface area (Å²) in [6.45, 7) is 3.72. The van der Waals surface area contributed by atoms with Crippen molar-refractivity contribution in [2.75, 3.05) is 13.2 Å². The second-order valence-corrected chi connectivity index (χ2v) is 16.2. The molecule has 1 saturated heterocycles. The highest BCUT2D eigenvalue weighted by atomic mass is 16.7. The number of hydrogen-bond acceptors (Lipinski definition) is 8. The fourth-order valence-electron chi connectivity index (χ4n) is 7.37. The Kier molecular flexibility index (Phi) is 34.7. The Balaban J connectivity index is 2.26. The van der Waals surface area contributed by atoms with Crippen LogP contribution in [0.25, 0.3) is 0 Å². The SMILES string of the molecule is CC/C=C\C/C=C\CCCCCCCCCCCCCCCCC(=O)NC(COC1OC(CO)C(O)C(O)C1O)C(O)CCCCCCCCCCCCC. The number of carbonyl (C=O) groups is 1. The van der Waals surface area contributed by atoms with Gasteiger partial charge in [-0.2, -0.15) is 0 Å². The molecular weight excluding hydrogens is 695 g/mol. The molecule has 1 aliphatic heterocycles. The number of aliphatic hydroxyl groups is 5. The van der Waals surface area contributed by atoms with Crippen molar-refractivity contribution in [3.63, 3.8) is 0 Å². The molecule has 6 N–H and O–H groups in total. The second-order valence-electron chi connectivity index (χ2n) is 16.2. The van der Waals surface area contributed by atoms with Crippen molar-refractivity contribution in [2.45, 2.75) is 249 Å². The lowest BCUT2D eigenvalue weighted by Gasteiger charge is -2.40. The maximum absolute atomic E-state index is 13.0. The zero-order chi connectivity index (χ0) is 40.2. The first kappa shape index (κ1) is 51.7. The Morgan fingerprint density at radius 1 is 0.636 bits per heavy atom. The van der Waals surface area contributed by atoms with Gasteiger partial charge in [0.25, 0.3) is 0 Å². The lowest BCUT2D eigenvalue weighted by atomic mass is 9.99. The molecule has 1 heterocycles. The van der Waals surface area contributed by atoms with Gasteiger partial charge in [0, 0.05) is 6.42 Å². The zero-order valence-electron chi connectivity index (χ0n) is 35.4. The molecule has 1 rings (SSSR count). The van der Waals surface area contributed by atoms with Crippen LogP contribution in [0.4, 0.5) is 0 Å². The first-order valence-electron chi connectivity index (χ1n) is 23.0. The van der Waals surface area contributed by atoms with Crippen molar-refractivity contribution in [3.8, 4) is 0 Å². The quantitative estimate of drug-likeness (QED) is 0.0268. The van der Waals surface area contributed by atoms with Gasteiger partial charge in [-0.25, -0.2) is 0 Å². The minimum absolute atomic E-state index is 0.136. The first-order chi connectivity index (χ1) is 26.8. The molecule has 0 aromatic heterocycles. The minimum atomic E-state index is -1.55. The van der Waals surface area contributed by atoms with Crippen LogP contribution in [0.1, 0.15) is 206 Å². The fraction of sp³-hybridized carbons (Fsp3) is 0.891. The molecule has 1 aliphatic rings. The maximum atomic E-state index is 13.0. The van der Waals surface area contributed by atoms with Crippen molar-refractivity contribution in [1.82, 2.24) is 5.32 Å². The van der Waals surface area contributed by atoms with E-state index in [0.717, 1.165) is 51.4 Å². The standard InChI is InChI=1S/C46H87NO8/c1-3-5-7-9-11-13-15-16-17-18-19-20-21-22-23-24-26-28-30-32-34-36-42(50)47-39(38-54-46-45(53)44(52)43(51)41(37-48)55-46)40(49)35-33-31-29-27-25-14-12-10-8-6-4-2/h5,7,11,13,39-41,43-46,48-49,51-53H,3-4,6,8-10,12,14-38H2,1-2H3,(H,47,50)/b7-5-,13-11-. The van der Waals surface area contributed by atoms with Crippen LogP contribution >= 0.6 is 0 Å². The van der Waals surface area contributed by atoms with Gasteiger partial charge in [0.2, 0.25) is 5.91 Å². The molecular formula is C46H87NO8. The number of allylic oxidation sites excluding steroid dienone is 4. The number of carbonyl (C=O) groups excluding carboxylic acids is 1. The monoisotopic (exact) mass is 782 g/mol. The zero-order valence-corrected chi connectivity index (χ0v) is 35.4. The number of rotatable bonds is 38. The minimum Gasteiger partial charge on any atom is -0.394 e. The third-order valence-electron chi connectivity index (χ3n) is 11.1. The van der Waals surface area contributed by atoms with Gasteiger partial charge in [-0.15, -0.1) is 0 Å². The molecule has 0 aliphatic carbocycles. The van der Waals surface area contributed by atoms with Crippen molar-refractivity contribution in [2.24, 2.45) is 0 Å². The predicted molar refractivity (Wildman–Crippen MR) is 226 cm³/mol. The molecule has 0 radical (unpaired) electrons. The summed E-state index contributed by atoms with van der Waals surface area (Å²) in [5, 5.41) is 54.3. The van der Waals surface area contributed by atoms with E-state index in [4.69, 9.17) is 9.47 Å². The van der Waals surface area contributed by atoms with Crippen LogP contribution in [-0.2, 0) is 14.3 Å². The van der Waals surface area contributed by atoms with Crippen LogP contribution in [-0.4, -0.2) is 87.5 Å². The summed E-state index contributed by atoms with van der Waals surface area (Å²) < 4.78 is 11.2. The van der Waals surface area contributed by atoms with E-state index < -0.39 is 49.5 Å². The van der Waals surface area contributed by atoms with Crippen molar-refractivity contribution < 1.29 is 39.8 Å². The van der Waals surface area contributed by atoms with Gasteiger partial charge in [-0.3, -0.25) is 4.79 Å². The molecule has 7 atom stereocenters. The lowest BCUT2D eigenvalue weighted by Crippen LogP contribution is -2.60. The topological polar surface area (TPSA) is 149 Å². The predicted octanol–water partition coefficient (Wildman–Crippen LogP) is 9.50. The third kappa shape index (κ3) is 27.9. The van der Waals surface area contributed by atoms with Crippen LogP contribution in [0.15, 0.2) is 24.3 Å². The average Bonchev–Trinajstić information content (AvgIpc) is 3.18. The van der Waals surface area contributed by atoms with Gasteiger partial charge in [0.15, 0.2) is 6.29 Å². The summed E-state index contributed by atoms with van der Waals surface area (Å²) in [6.07, 6.45) is 36.2. The molecule has 1 fully saturated rings. The van der Waals surface area contributed by atoms with Crippen LogP contribution in [0.2, 0.25) is 0 Å². The molecule has 0 spiro atoms. The number of hydrogen-bond donors (Lipinski definition) is 6. The molecule has 55 heavy (non-hydrogen) atoms. The summed E-state index contributed by atoms with van der Waals surface area (Å²) in [4.78, 5) is 13.0. The van der Waals surface area contributed by atoms with Gasteiger partial charge in [0.05, 0.1) is 25.4 Å². The van der Waals surface area contributed by atoms with Crippen molar-refractivity contribution in [1.29, 1.82) is 0 Å². The molecule has 324 valence electrons. The van der Waals surface area contributed by atoms with E-state index in [-0.39, 0.29) is 12.5 Å². The van der Waals surface area contributed by atoms with Gasteiger partial charge in [-0.1, -0.05) is 186 Å². The van der Waals surface area contributed by atoms with E-state index >= 15 is 0 Å². The molecule has 0 bridgehead atoms. The third-order valence-corrected chi connectivity index (χ3v) is 11.1. The van der Waals surface area contributed by atoms with Crippen LogP contribution < -0.4 is 5.32 Å². The Morgan fingerprint density at radius 2 is 1.13 bits per heavy atom. The van der Waals surface area contributed by atoms with Crippen LogP contribution in [0.5, 0.6) is 0 Å². The Hall–Kier alpha value is -1.33. The van der Waals surface area contributed by atoms with Gasteiger partial charge in [-0.05, 0) is 38.5 Å². The fourth-order valence-corrected chi connectivity index (χ4v) is 7.37. The number of ether oxygens (including phenoxy) is 2. The highest BCUT2D eigenvalue weighted by molar-refractivity contribution is 5.76. The maximum Gasteiger partial charge on any atom is 0.220 e. The highest BCUT2D eigenvalue weighted by Gasteiger charge is 2.44. The van der Waals surface area contributed by atoms with E-state index in [9.17, 15) is 30.3 Å². The molecule has 7 unspecified atom stereocenters. The number of nitrogens with one attached hydrogen (secondary N) is 1. The summed E-state index contributed by atoms with van der Waals surface area (Å²) in [6, 6.07) is -0.714. The number of unbranched alkanes of at least 4 members (excludes halogenated alkanes) is 24. The number of aliphatic hydroxyl groups excluding tert-OH is 5. The van der Waals surface area contributed by atoms with Crippen LogP contribution in [0.3, 0.4) is 0 Å². The normalized spacial score (nSPS) is 21.5. The second kappa shape index (κ2) is 37.0. The van der Waals surface area contributed by atoms with Gasteiger partial charge >= 0.3 is 0 Å². The highest BCUT2D eigenvalue weighted by Crippen LogP contribution is 2.23. The molecule has 1 amide bonds. The number of amides is 1. The van der Waals surface area contributed by atoms with Crippen molar-refractivity contribution >= 4 is 5.91 Å². The van der Waals surface area contributed by atoms with Crippen LogP contribution in [0, 0.1) is 0 Å². The summed E-state index contributed by atoms with van der Waals surface area (Å²) in [7, 11) is 0. The summed E-state index contributed by atoms with van der Waals surface area (Å²) in [5.74, 6) is -0.146. The Bertz CT molecular complexity index is 914. The smallest absolute Gasteiger partial charge is 0.220 e. The molecule has 9 nitrogen and oxygen atoms in total. The molecule has 0 saturated carbocycles. The van der Waals surface area contributed by atoms with E-state index in [1.165, 1.54) is 128 Å². The Morgan fingerprint density at radius 3 is 1.65 bits per heavy atom. The van der Waals surface area contributed by atoms with E-state index in [2.05, 4.69) is 43.5 Å². The van der Waals surface area contributed by atoms with E-state index in [1.807, 2.05) is 0 Å². The van der Waals surface area contributed by atoms with E-state index in [1.54, 1.807) is 0 Å². The first-order valence-corrected chi connectivity index (χ1v) is 23.0. The average molecular weight is 782 g/mol. The largest absolute Gasteiger partial charge is 0.394 e. The Labute approximate surface area is 337 Å². The summed E-state index contributed by atoms with van der Waals surface area (Å²) >= 11 is 0. The summed E-state index contributed by atoms with van der Waals surface area (Å²) in [5.41, 5.74) is 0. The molecule has 0 aromatic carbocycles. The molecule has 0 aromatic rings. The van der Waals surface area contributed by atoms with E-state index in [0.29, 0.717) is 12.8 Å². The molecule has 9 heteroatoms. The van der Waals surface area contributed by atoms with Gasteiger partial charge < -0.3 is 40.3 Å². The van der Waals surface area contributed by atoms with Crippen molar-refractivity contribution in [3.05, 3.63) is 24.3 Å². The van der Waals surface area contributed by atoms with Gasteiger partial charge in [0.1, 0.15) is 24.4 Å². The lowest BCUT2D eigenvalue weighted by molar-refractivity contribution is -0.302.